The maximum atomic E-state index is 11.9. The fourth-order valence-electron chi connectivity index (χ4n) is 4.50. The molecule has 142 valence electrons. The first-order valence-electron chi connectivity index (χ1n) is 9.75. The molecular weight excluding hydrogens is 354 g/mol. The summed E-state index contributed by atoms with van der Waals surface area (Å²) in [5, 5.41) is 13.4. The fourth-order valence-corrected chi connectivity index (χ4v) is 4.50. The predicted molar refractivity (Wildman–Crippen MR) is 104 cm³/mol. The summed E-state index contributed by atoms with van der Waals surface area (Å²) in [6.07, 6.45) is 5.02. The van der Waals surface area contributed by atoms with Crippen molar-refractivity contribution in [3.63, 3.8) is 0 Å². The largest absolute Gasteiger partial charge is 0.378 e. The van der Waals surface area contributed by atoms with Crippen molar-refractivity contribution in [2.45, 2.75) is 50.8 Å². The lowest BCUT2D eigenvalue weighted by molar-refractivity contribution is -0.119. The van der Waals surface area contributed by atoms with Crippen molar-refractivity contribution < 1.29 is 9.53 Å². The van der Waals surface area contributed by atoms with Gasteiger partial charge in [-0.25, -0.2) is 4.98 Å². The quantitative estimate of drug-likeness (QED) is 0.743. The van der Waals surface area contributed by atoms with E-state index in [9.17, 15) is 10.1 Å². The van der Waals surface area contributed by atoms with Crippen LogP contribution in [0.1, 0.15) is 56.1 Å². The Kier molecular flexibility index (Phi) is 4.02. The number of amides is 1. The highest BCUT2D eigenvalue weighted by Gasteiger charge is 2.32. The van der Waals surface area contributed by atoms with Crippen LogP contribution in [-0.4, -0.2) is 33.2 Å². The Morgan fingerprint density at radius 1 is 1.32 bits per heavy atom. The lowest BCUT2D eigenvalue weighted by atomic mass is 10.0. The van der Waals surface area contributed by atoms with Crippen LogP contribution in [-0.2, 0) is 9.53 Å². The molecule has 2 saturated heterocycles. The molecule has 0 radical (unpaired) electrons. The van der Waals surface area contributed by atoms with Gasteiger partial charge < -0.3 is 14.6 Å². The number of carbonyl (C=O) groups is 1. The van der Waals surface area contributed by atoms with Gasteiger partial charge in [0, 0.05) is 24.5 Å². The number of ether oxygens (including phenoxy) is 1. The van der Waals surface area contributed by atoms with Crippen molar-refractivity contribution in [2.75, 3.05) is 6.61 Å². The van der Waals surface area contributed by atoms with Gasteiger partial charge in [-0.05, 0) is 44.4 Å². The average molecular weight is 375 g/mol. The number of hydrogen-bond acceptors (Lipinski definition) is 5. The Labute approximate surface area is 162 Å². The van der Waals surface area contributed by atoms with E-state index >= 15 is 0 Å². The van der Waals surface area contributed by atoms with E-state index in [1.54, 1.807) is 12.3 Å². The Hall–Kier alpha value is -2.98. The first-order chi connectivity index (χ1) is 13.6. The highest BCUT2D eigenvalue weighted by Crippen LogP contribution is 2.37. The third-order valence-electron chi connectivity index (χ3n) is 5.80. The van der Waals surface area contributed by atoms with Crippen LogP contribution in [0, 0.1) is 11.3 Å². The number of imidazole rings is 1. The lowest BCUT2D eigenvalue weighted by Gasteiger charge is -2.31. The molecule has 3 atom stereocenters. The summed E-state index contributed by atoms with van der Waals surface area (Å²) >= 11 is 0. The number of benzene rings is 1. The third-order valence-corrected chi connectivity index (χ3v) is 5.80. The number of rotatable bonds is 2. The molecule has 0 aliphatic carbocycles. The number of nitrogens with one attached hydrogen (secondary N) is 1. The highest BCUT2D eigenvalue weighted by atomic mass is 16.5. The molecule has 0 bridgehead atoms. The van der Waals surface area contributed by atoms with Crippen molar-refractivity contribution in [2.24, 2.45) is 0 Å². The van der Waals surface area contributed by atoms with Crippen LogP contribution in [0.3, 0.4) is 0 Å². The van der Waals surface area contributed by atoms with Gasteiger partial charge in [-0.15, -0.1) is 0 Å². The molecular formula is C21H21N5O2. The van der Waals surface area contributed by atoms with Gasteiger partial charge in [0.15, 0.2) is 0 Å². The standard InChI is InChI=1S/C21H21N5O2/c1-12-8-14(6-7-28-12)26-20-15-9-13(10-22)2-3-16(15)23-11-18(20)25-21(26)17-4-5-19(27)24-17/h2-3,9,11-12,14,17H,4-8H2,1H3,(H,24,27)/t12-,14-,17+/m1/s1. The number of nitrogens with zero attached hydrogens (tertiary/aromatic N) is 4. The van der Waals surface area contributed by atoms with E-state index in [4.69, 9.17) is 9.72 Å². The molecule has 2 fully saturated rings. The number of fused-ring (bicyclic) bond motifs is 3. The molecule has 2 aromatic heterocycles. The molecule has 1 amide bonds. The monoisotopic (exact) mass is 375 g/mol. The molecule has 7 nitrogen and oxygen atoms in total. The highest BCUT2D eigenvalue weighted by molar-refractivity contribution is 6.03. The maximum absolute atomic E-state index is 11.9. The Bertz CT molecular complexity index is 1130. The van der Waals surface area contributed by atoms with E-state index < -0.39 is 0 Å². The molecule has 3 aromatic rings. The van der Waals surface area contributed by atoms with E-state index in [0.29, 0.717) is 18.6 Å². The summed E-state index contributed by atoms with van der Waals surface area (Å²) in [7, 11) is 0. The van der Waals surface area contributed by atoms with E-state index in [0.717, 1.165) is 47.0 Å². The number of nitriles is 1. The fraction of sp³-hybridized carbons (Fsp3) is 0.429. The number of aromatic nitrogens is 3. The number of hydrogen-bond donors (Lipinski definition) is 1. The number of carbonyl (C=O) groups excluding carboxylic acids is 1. The smallest absolute Gasteiger partial charge is 0.220 e. The SMILES string of the molecule is C[C@@H]1C[C@H](n2c([C@@H]3CCC(=O)N3)nc3cnc4ccc(C#N)cc4c32)CCO1. The van der Waals surface area contributed by atoms with Gasteiger partial charge >= 0.3 is 0 Å². The number of pyridine rings is 1. The predicted octanol–water partition coefficient (Wildman–Crippen LogP) is 3.15. The summed E-state index contributed by atoms with van der Waals surface area (Å²) < 4.78 is 8.05. The lowest BCUT2D eigenvalue weighted by Crippen LogP contribution is -2.29. The van der Waals surface area contributed by atoms with Crippen LogP contribution in [0.25, 0.3) is 21.9 Å². The second-order valence-corrected chi connectivity index (χ2v) is 7.69. The molecule has 0 unspecified atom stereocenters. The maximum Gasteiger partial charge on any atom is 0.220 e. The topological polar surface area (TPSA) is 92.8 Å². The van der Waals surface area contributed by atoms with Gasteiger partial charge in [-0.3, -0.25) is 9.78 Å². The van der Waals surface area contributed by atoms with Crippen LogP contribution in [0.5, 0.6) is 0 Å². The van der Waals surface area contributed by atoms with Crippen LogP contribution < -0.4 is 5.32 Å². The molecule has 1 aromatic carbocycles. The minimum absolute atomic E-state index is 0.0682. The minimum atomic E-state index is -0.0905. The Balaban J connectivity index is 1.79. The zero-order valence-electron chi connectivity index (χ0n) is 15.7. The molecule has 0 saturated carbocycles. The molecule has 2 aliphatic rings. The second-order valence-electron chi connectivity index (χ2n) is 7.69. The van der Waals surface area contributed by atoms with Gasteiger partial charge in [0.1, 0.15) is 11.3 Å². The first-order valence-corrected chi connectivity index (χ1v) is 9.75. The van der Waals surface area contributed by atoms with Crippen LogP contribution in [0.2, 0.25) is 0 Å². The Morgan fingerprint density at radius 3 is 2.96 bits per heavy atom. The first kappa shape index (κ1) is 17.1. The molecule has 28 heavy (non-hydrogen) atoms. The summed E-state index contributed by atoms with van der Waals surface area (Å²) in [6, 6.07) is 7.93. The van der Waals surface area contributed by atoms with E-state index in [1.165, 1.54) is 0 Å². The zero-order chi connectivity index (χ0) is 19.3. The average Bonchev–Trinajstić information content (AvgIpc) is 3.31. The van der Waals surface area contributed by atoms with Crippen molar-refractivity contribution in [1.82, 2.24) is 19.9 Å². The zero-order valence-corrected chi connectivity index (χ0v) is 15.7. The van der Waals surface area contributed by atoms with Crippen LogP contribution in [0.15, 0.2) is 24.4 Å². The van der Waals surface area contributed by atoms with Crippen LogP contribution in [0.4, 0.5) is 0 Å². The van der Waals surface area contributed by atoms with Crippen molar-refractivity contribution >= 4 is 27.8 Å². The van der Waals surface area contributed by atoms with E-state index in [-0.39, 0.29) is 24.1 Å². The van der Waals surface area contributed by atoms with Gasteiger partial charge in [-0.2, -0.15) is 5.26 Å². The molecule has 4 heterocycles. The normalized spacial score (nSPS) is 25.1. The summed E-state index contributed by atoms with van der Waals surface area (Å²) in [4.78, 5) is 21.3. The van der Waals surface area contributed by atoms with E-state index in [2.05, 4.69) is 27.9 Å². The minimum Gasteiger partial charge on any atom is -0.378 e. The Morgan fingerprint density at radius 2 is 2.21 bits per heavy atom. The van der Waals surface area contributed by atoms with Crippen molar-refractivity contribution in [1.29, 1.82) is 5.26 Å². The third kappa shape index (κ3) is 2.72. The van der Waals surface area contributed by atoms with Gasteiger partial charge in [0.05, 0.1) is 41.0 Å². The van der Waals surface area contributed by atoms with Gasteiger partial charge in [-0.1, -0.05) is 0 Å². The van der Waals surface area contributed by atoms with Gasteiger partial charge in [0.2, 0.25) is 5.91 Å². The molecule has 2 aliphatic heterocycles. The van der Waals surface area contributed by atoms with Crippen molar-refractivity contribution in [3.8, 4) is 6.07 Å². The second kappa shape index (κ2) is 6.57. The molecule has 7 heteroatoms. The summed E-state index contributed by atoms with van der Waals surface area (Å²) in [6.45, 7) is 2.80. The molecule has 5 rings (SSSR count). The van der Waals surface area contributed by atoms with E-state index in [1.807, 2.05) is 12.1 Å². The molecule has 1 N–H and O–H groups in total. The summed E-state index contributed by atoms with van der Waals surface area (Å²) in [5.41, 5.74) is 3.25. The molecule has 0 spiro atoms. The van der Waals surface area contributed by atoms with Crippen LogP contribution >= 0.6 is 0 Å². The summed E-state index contributed by atoms with van der Waals surface area (Å²) in [5.74, 6) is 0.954. The van der Waals surface area contributed by atoms with Crippen molar-refractivity contribution in [3.05, 3.63) is 35.8 Å². The van der Waals surface area contributed by atoms with Gasteiger partial charge in [0.25, 0.3) is 0 Å².